The second-order valence-corrected chi connectivity index (χ2v) is 6.95. The molecule has 3 aromatic heterocycles. The lowest BCUT2D eigenvalue weighted by Crippen LogP contribution is -2.22. The third-order valence-corrected chi connectivity index (χ3v) is 4.67. The number of amides is 1. The van der Waals surface area contributed by atoms with Crippen LogP contribution in [0.3, 0.4) is 0 Å². The van der Waals surface area contributed by atoms with Crippen LogP contribution in [0.5, 0.6) is 0 Å². The van der Waals surface area contributed by atoms with Gasteiger partial charge in [-0.1, -0.05) is 0 Å². The first-order chi connectivity index (χ1) is 14.6. The third kappa shape index (κ3) is 4.65. The minimum Gasteiger partial charge on any atom is -0.419 e. The van der Waals surface area contributed by atoms with E-state index in [2.05, 4.69) is 25.5 Å². The molecule has 0 aliphatic rings. The summed E-state index contributed by atoms with van der Waals surface area (Å²) in [6, 6.07) is 12.4. The Labute approximate surface area is 172 Å². The number of halogens is 1. The Morgan fingerprint density at radius 1 is 1.17 bits per heavy atom. The molecule has 152 valence electrons. The van der Waals surface area contributed by atoms with Crippen molar-refractivity contribution in [1.29, 1.82) is 0 Å². The summed E-state index contributed by atoms with van der Waals surface area (Å²) in [6.07, 6.45) is 3.43. The van der Waals surface area contributed by atoms with Crippen LogP contribution in [0.4, 0.5) is 4.39 Å². The van der Waals surface area contributed by atoms with Gasteiger partial charge in [0.15, 0.2) is 5.65 Å². The van der Waals surface area contributed by atoms with E-state index in [-0.39, 0.29) is 18.3 Å². The fraction of sp³-hybridized carbons (Fsp3) is 0.227. The van der Waals surface area contributed by atoms with Crippen molar-refractivity contribution in [3.8, 4) is 11.5 Å². The summed E-state index contributed by atoms with van der Waals surface area (Å²) in [5.41, 5.74) is 2.75. The van der Waals surface area contributed by atoms with Gasteiger partial charge in [-0.05, 0) is 67.8 Å². The molecular weight excluding hydrogens is 385 g/mol. The number of carbonyl (C=O) groups is 1. The summed E-state index contributed by atoms with van der Waals surface area (Å²) in [6.45, 7) is 1.81. The number of nitrogens with one attached hydrogen (secondary N) is 1. The number of carbonyl (C=O) groups excluding carboxylic acids is 1. The molecule has 4 aromatic rings. The lowest BCUT2D eigenvalue weighted by molar-refractivity contribution is -0.121. The molecule has 4 rings (SSSR count). The largest absolute Gasteiger partial charge is 0.419 e. The average molecular weight is 405 g/mol. The Morgan fingerprint density at radius 2 is 2.07 bits per heavy atom. The van der Waals surface area contributed by atoms with Gasteiger partial charge < -0.3 is 9.73 Å². The van der Waals surface area contributed by atoms with Gasteiger partial charge in [0.25, 0.3) is 0 Å². The zero-order valence-electron chi connectivity index (χ0n) is 16.4. The van der Waals surface area contributed by atoms with E-state index in [1.807, 2.05) is 24.3 Å². The van der Waals surface area contributed by atoms with Crippen LogP contribution in [-0.2, 0) is 17.8 Å². The van der Waals surface area contributed by atoms with Crippen LogP contribution in [0.25, 0.3) is 22.5 Å². The molecular formula is C22H20FN5O2. The Bertz CT molecular complexity index is 1190. The molecule has 0 spiro atoms. The zero-order chi connectivity index (χ0) is 20.9. The van der Waals surface area contributed by atoms with Gasteiger partial charge in [0.1, 0.15) is 5.82 Å². The van der Waals surface area contributed by atoms with E-state index in [1.54, 1.807) is 25.3 Å². The summed E-state index contributed by atoms with van der Waals surface area (Å²) >= 11 is 0. The number of pyridine rings is 2. The number of aromatic nitrogens is 4. The fourth-order valence-corrected chi connectivity index (χ4v) is 3.04. The second-order valence-electron chi connectivity index (χ2n) is 6.95. The molecule has 0 unspecified atom stereocenters. The maximum absolute atomic E-state index is 13.4. The number of hydrogen-bond acceptors (Lipinski definition) is 6. The lowest BCUT2D eigenvalue weighted by Gasteiger charge is -2.04. The molecule has 30 heavy (non-hydrogen) atoms. The first-order valence-electron chi connectivity index (χ1n) is 9.65. The van der Waals surface area contributed by atoms with Crippen molar-refractivity contribution in [2.75, 3.05) is 0 Å². The highest BCUT2D eigenvalue weighted by Crippen LogP contribution is 2.20. The number of aryl methyl sites for hydroxylation is 2. The maximum Gasteiger partial charge on any atom is 0.247 e. The van der Waals surface area contributed by atoms with Gasteiger partial charge in [-0.15, -0.1) is 10.2 Å². The van der Waals surface area contributed by atoms with Crippen LogP contribution in [0, 0.1) is 12.7 Å². The van der Waals surface area contributed by atoms with E-state index >= 15 is 0 Å². The summed E-state index contributed by atoms with van der Waals surface area (Å²) in [5.74, 6) is 0.188. The molecule has 1 aromatic carbocycles. The number of hydrogen-bond donors (Lipinski definition) is 1. The van der Waals surface area contributed by atoms with Crippen LogP contribution in [-0.4, -0.2) is 26.1 Å². The van der Waals surface area contributed by atoms with Crippen molar-refractivity contribution in [2.24, 2.45) is 0 Å². The smallest absolute Gasteiger partial charge is 0.247 e. The highest BCUT2D eigenvalue weighted by Gasteiger charge is 2.11. The van der Waals surface area contributed by atoms with Crippen molar-refractivity contribution in [3.63, 3.8) is 0 Å². The van der Waals surface area contributed by atoms with Gasteiger partial charge in [0.05, 0.1) is 6.54 Å². The van der Waals surface area contributed by atoms with Crippen LogP contribution >= 0.6 is 0 Å². The molecule has 0 bridgehead atoms. The van der Waals surface area contributed by atoms with Crippen molar-refractivity contribution < 1.29 is 13.6 Å². The number of rotatable bonds is 7. The normalized spacial score (nSPS) is 11.0. The first kappa shape index (κ1) is 19.6. The molecule has 0 radical (unpaired) electrons. The topological polar surface area (TPSA) is 93.8 Å². The standard InChI is InChI=1S/C22H20FN5O2/c1-14-12-16(8-10-18(14)23)22-28-27-20(30-22)13-25-19(29)6-2-5-17-9-7-15-4-3-11-24-21(15)26-17/h3-4,7-12H,2,5-6,13H2,1H3,(H,25,29). The molecule has 0 aliphatic heterocycles. The Morgan fingerprint density at radius 3 is 2.93 bits per heavy atom. The Balaban J connectivity index is 1.25. The van der Waals surface area contributed by atoms with E-state index in [1.165, 1.54) is 6.07 Å². The predicted molar refractivity (Wildman–Crippen MR) is 109 cm³/mol. The van der Waals surface area contributed by atoms with Gasteiger partial charge in [0, 0.05) is 29.3 Å². The molecule has 8 heteroatoms. The predicted octanol–water partition coefficient (Wildman–Crippen LogP) is 3.77. The van der Waals surface area contributed by atoms with Gasteiger partial charge >= 0.3 is 0 Å². The minimum atomic E-state index is -0.291. The van der Waals surface area contributed by atoms with Crippen molar-refractivity contribution in [2.45, 2.75) is 32.7 Å². The molecule has 3 heterocycles. The van der Waals surface area contributed by atoms with Crippen molar-refractivity contribution >= 4 is 16.9 Å². The molecule has 1 amide bonds. The molecule has 0 aliphatic carbocycles. The van der Waals surface area contributed by atoms with Gasteiger partial charge in [-0.2, -0.15) is 0 Å². The zero-order valence-corrected chi connectivity index (χ0v) is 16.4. The summed E-state index contributed by atoms with van der Waals surface area (Å²) in [5, 5.41) is 11.7. The number of fused-ring (bicyclic) bond motifs is 1. The molecule has 7 nitrogen and oxygen atoms in total. The van der Waals surface area contributed by atoms with E-state index in [0.29, 0.717) is 47.8 Å². The van der Waals surface area contributed by atoms with Crippen molar-refractivity contribution in [3.05, 3.63) is 71.6 Å². The number of benzene rings is 1. The molecule has 0 fully saturated rings. The quantitative estimate of drug-likeness (QED) is 0.503. The Hall–Kier alpha value is -3.68. The van der Waals surface area contributed by atoms with E-state index in [0.717, 1.165) is 11.1 Å². The molecule has 1 N–H and O–H groups in total. The van der Waals surface area contributed by atoms with Gasteiger partial charge in [-0.3, -0.25) is 4.79 Å². The fourth-order valence-electron chi connectivity index (χ4n) is 3.04. The average Bonchev–Trinajstić information content (AvgIpc) is 3.23. The lowest BCUT2D eigenvalue weighted by atomic mass is 10.1. The van der Waals surface area contributed by atoms with Gasteiger partial charge in [0.2, 0.25) is 17.7 Å². The molecule has 0 saturated carbocycles. The summed E-state index contributed by atoms with van der Waals surface area (Å²) < 4.78 is 18.9. The molecule has 0 atom stereocenters. The van der Waals surface area contributed by atoms with E-state index in [4.69, 9.17) is 4.42 Å². The highest BCUT2D eigenvalue weighted by atomic mass is 19.1. The third-order valence-electron chi connectivity index (χ3n) is 4.67. The first-order valence-corrected chi connectivity index (χ1v) is 9.65. The van der Waals surface area contributed by atoms with E-state index < -0.39 is 0 Å². The van der Waals surface area contributed by atoms with Crippen LogP contribution in [0.2, 0.25) is 0 Å². The summed E-state index contributed by atoms with van der Waals surface area (Å²) in [7, 11) is 0. The van der Waals surface area contributed by atoms with Crippen LogP contribution in [0.1, 0.15) is 30.0 Å². The highest BCUT2D eigenvalue weighted by molar-refractivity contribution is 5.76. The summed E-state index contributed by atoms with van der Waals surface area (Å²) in [4.78, 5) is 20.9. The molecule has 0 saturated heterocycles. The maximum atomic E-state index is 13.4. The second kappa shape index (κ2) is 8.77. The van der Waals surface area contributed by atoms with Crippen LogP contribution in [0.15, 0.2) is 53.1 Å². The number of nitrogens with zero attached hydrogens (tertiary/aromatic N) is 4. The minimum absolute atomic E-state index is 0.105. The Kier molecular flexibility index (Phi) is 5.74. The van der Waals surface area contributed by atoms with Crippen LogP contribution < -0.4 is 5.32 Å². The van der Waals surface area contributed by atoms with Crippen molar-refractivity contribution in [1.82, 2.24) is 25.5 Å². The SMILES string of the molecule is Cc1cc(-c2nnc(CNC(=O)CCCc3ccc4cccnc4n3)o2)ccc1F. The van der Waals surface area contributed by atoms with Gasteiger partial charge in [-0.25, -0.2) is 14.4 Å². The monoisotopic (exact) mass is 405 g/mol. The van der Waals surface area contributed by atoms with E-state index in [9.17, 15) is 9.18 Å².